The van der Waals surface area contributed by atoms with Crippen LogP contribution >= 0.6 is 27.3 Å². The van der Waals surface area contributed by atoms with Crippen molar-refractivity contribution in [2.75, 3.05) is 21.3 Å². The molecule has 2 rings (SSSR count). The molecule has 0 saturated heterocycles. The summed E-state index contributed by atoms with van der Waals surface area (Å²) < 4.78 is 16.8. The first-order chi connectivity index (χ1) is 10.0. The summed E-state index contributed by atoms with van der Waals surface area (Å²) in [6.07, 6.45) is 0. The number of ether oxygens (including phenoxy) is 3. The molecule has 0 atom stereocenters. The Bertz CT molecular complexity index is 634. The van der Waals surface area contributed by atoms with E-state index in [1.54, 1.807) is 12.1 Å². The van der Waals surface area contributed by atoms with Crippen molar-refractivity contribution in [2.24, 2.45) is 0 Å². The molecule has 6 heteroatoms. The molecule has 0 aliphatic heterocycles. The lowest BCUT2D eigenvalue weighted by Gasteiger charge is -2.13. The molecule has 1 heterocycles. The Labute approximate surface area is 135 Å². The molecule has 4 nitrogen and oxygen atoms in total. The minimum atomic E-state index is -0.0759. The molecule has 2 aromatic rings. The Hall–Kier alpha value is -1.53. The molecule has 0 aliphatic carbocycles. The fraction of sp³-hybridized carbons (Fsp3) is 0.267. The van der Waals surface area contributed by atoms with Crippen LogP contribution in [0.15, 0.2) is 22.0 Å². The molecule has 0 fully saturated rings. The number of carbonyl (C=O) groups is 1. The van der Waals surface area contributed by atoms with Gasteiger partial charge in [0.25, 0.3) is 0 Å². The number of halogens is 1. The van der Waals surface area contributed by atoms with Crippen molar-refractivity contribution >= 4 is 33.0 Å². The maximum absolute atomic E-state index is 12.6. The second kappa shape index (κ2) is 6.49. The molecule has 0 bridgehead atoms. The highest BCUT2D eigenvalue weighted by molar-refractivity contribution is 9.11. The summed E-state index contributed by atoms with van der Waals surface area (Å²) in [6, 6.07) is 5.18. The van der Waals surface area contributed by atoms with Gasteiger partial charge in [-0.3, -0.25) is 4.79 Å². The molecule has 0 N–H and O–H groups in total. The van der Waals surface area contributed by atoms with Crippen LogP contribution in [0.4, 0.5) is 0 Å². The van der Waals surface area contributed by atoms with Crippen LogP contribution < -0.4 is 14.2 Å². The third-order valence-electron chi connectivity index (χ3n) is 3.01. The maximum Gasteiger partial charge on any atom is 0.203 e. The van der Waals surface area contributed by atoms with Gasteiger partial charge in [-0.15, -0.1) is 11.3 Å². The lowest BCUT2D eigenvalue weighted by atomic mass is 10.1. The average Bonchev–Trinajstić information content (AvgIpc) is 2.84. The van der Waals surface area contributed by atoms with Gasteiger partial charge in [-0.1, -0.05) is 0 Å². The molecule has 1 aromatic heterocycles. The van der Waals surface area contributed by atoms with Crippen LogP contribution in [-0.2, 0) is 0 Å². The van der Waals surface area contributed by atoms with E-state index in [1.807, 2.05) is 13.0 Å². The van der Waals surface area contributed by atoms with E-state index < -0.39 is 0 Å². The van der Waals surface area contributed by atoms with Crippen LogP contribution in [0.5, 0.6) is 17.2 Å². The van der Waals surface area contributed by atoms with E-state index in [0.29, 0.717) is 27.7 Å². The SMILES string of the molecule is COc1cc(C(=O)c2cc(C)c(Br)s2)cc(OC)c1OC. The van der Waals surface area contributed by atoms with Crippen LogP contribution in [0, 0.1) is 6.92 Å². The Morgan fingerprint density at radius 2 is 1.62 bits per heavy atom. The van der Waals surface area contributed by atoms with Crippen LogP contribution in [-0.4, -0.2) is 27.1 Å². The summed E-state index contributed by atoms with van der Waals surface area (Å²) in [4.78, 5) is 13.2. The summed E-state index contributed by atoms with van der Waals surface area (Å²) in [5, 5.41) is 0. The third-order valence-corrected chi connectivity index (χ3v) is 5.14. The second-order valence-electron chi connectivity index (χ2n) is 4.31. The summed E-state index contributed by atoms with van der Waals surface area (Å²) in [5.41, 5.74) is 1.54. The Morgan fingerprint density at radius 3 is 2.00 bits per heavy atom. The highest BCUT2D eigenvalue weighted by Gasteiger charge is 2.19. The van der Waals surface area contributed by atoms with Gasteiger partial charge in [-0.05, 0) is 46.6 Å². The molecule has 112 valence electrons. The standard InChI is InChI=1S/C15H15BrO4S/c1-8-5-12(21-15(8)16)13(17)9-6-10(18-2)14(20-4)11(7-9)19-3/h5-7H,1-4H3. The molecule has 21 heavy (non-hydrogen) atoms. The minimum absolute atomic E-state index is 0.0759. The highest BCUT2D eigenvalue weighted by atomic mass is 79.9. The van der Waals surface area contributed by atoms with E-state index in [4.69, 9.17) is 14.2 Å². The smallest absolute Gasteiger partial charge is 0.203 e. The summed E-state index contributed by atoms with van der Waals surface area (Å²) >= 11 is 4.84. The highest BCUT2D eigenvalue weighted by Crippen LogP contribution is 2.39. The van der Waals surface area contributed by atoms with Crippen molar-refractivity contribution in [1.29, 1.82) is 0 Å². The molecular weight excluding hydrogens is 356 g/mol. The summed E-state index contributed by atoms with van der Waals surface area (Å²) in [5.74, 6) is 1.33. The monoisotopic (exact) mass is 370 g/mol. The van der Waals surface area contributed by atoms with E-state index in [1.165, 1.54) is 32.7 Å². The summed E-state index contributed by atoms with van der Waals surface area (Å²) in [7, 11) is 4.58. The fourth-order valence-electron chi connectivity index (χ4n) is 1.93. The number of benzene rings is 1. The summed E-state index contributed by atoms with van der Waals surface area (Å²) in [6.45, 7) is 1.95. The number of carbonyl (C=O) groups excluding carboxylic acids is 1. The number of rotatable bonds is 5. The van der Waals surface area contributed by atoms with Crippen LogP contribution in [0.3, 0.4) is 0 Å². The van der Waals surface area contributed by atoms with Crippen molar-refractivity contribution < 1.29 is 19.0 Å². The zero-order valence-electron chi connectivity index (χ0n) is 12.2. The van der Waals surface area contributed by atoms with Crippen molar-refractivity contribution in [3.63, 3.8) is 0 Å². The zero-order chi connectivity index (χ0) is 15.6. The predicted molar refractivity (Wildman–Crippen MR) is 86.3 cm³/mol. The molecule has 1 aromatic carbocycles. The number of hydrogen-bond donors (Lipinski definition) is 0. The van der Waals surface area contributed by atoms with Gasteiger partial charge >= 0.3 is 0 Å². The first-order valence-corrected chi connectivity index (χ1v) is 7.73. The van der Waals surface area contributed by atoms with Gasteiger partial charge in [0.2, 0.25) is 11.5 Å². The maximum atomic E-state index is 12.6. The average molecular weight is 371 g/mol. The Balaban J connectivity index is 2.50. The largest absolute Gasteiger partial charge is 0.493 e. The molecular formula is C15H15BrO4S. The van der Waals surface area contributed by atoms with Crippen molar-refractivity contribution in [2.45, 2.75) is 6.92 Å². The Morgan fingerprint density at radius 1 is 1.05 bits per heavy atom. The lowest BCUT2D eigenvalue weighted by molar-refractivity contribution is 0.104. The lowest BCUT2D eigenvalue weighted by Crippen LogP contribution is -2.02. The minimum Gasteiger partial charge on any atom is -0.493 e. The molecule has 0 radical (unpaired) electrons. The number of ketones is 1. The Kier molecular flexibility index (Phi) is 4.90. The number of thiophene rings is 1. The van der Waals surface area contributed by atoms with Crippen LogP contribution in [0.1, 0.15) is 20.8 Å². The van der Waals surface area contributed by atoms with Crippen molar-refractivity contribution in [3.05, 3.63) is 38.0 Å². The normalized spacial score (nSPS) is 10.3. The van der Waals surface area contributed by atoms with Crippen LogP contribution in [0.25, 0.3) is 0 Å². The third kappa shape index (κ3) is 3.06. The quantitative estimate of drug-likeness (QED) is 0.743. The number of hydrogen-bond acceptors (Lipinski definition) is 5. The van der Waals surface area contributed by atoms with Crippen LogP contribution in [0.2, 0.25) is 0 Å². The number of aryl methyl sites for hydroxylation is 1. The van der Waals surface area contributed by atoms with Gasteiger partial charge in [-0.25, -0.2) is 0 Å². The number of methoxy groups -OCH3 is 3. The van der Waals surface area contributed by atoms with Gasteiger partial charge in [0.1, 0.15) is 0 Å². The van der Waals surface area contributed by atoms with E-state index in [9.17, 15) is 4.79 Å². The molecule has 0 amide bonds. The van der Waals surface area contributed by atoms with Gasteiger partial charge in [0.05, 0.1) is 30.0 Å². The molecule has 0 unspecified atom stereocenters. The van der Waals surface area contributed by atoms with Gasteiger partial charge in [0.15, 0.2) is 11.5 Å². The molecule has 0 saturated carbocycles. The van der Waals surface area contributed by atoms with Gasteiger partial charge in [-0.2, -0.15) is 0 Å². The van der Waals surface area contributed by atoms with E-state index >= 15 is 0 Å². The van der Waals surface area contributed by atoms with Crippen molar-refractivity contribution in [3.8, 4) is 17.2 Å². The van der Waals surface area contributed by atoms with Gasteiger partial charge in [0, 0.05) is 5.56 Å². The van der Waals surface area contributed by atoms with Crippen molar-refractivity contribution in [1.82, 2.24) is 0 Å². The predicted octanol–water partition coefficient (Wildman–Crippen LogP) is 4.08. The molecule has 0 spiro atoms. The first-order valence-electron chi connectivity index (χ1n) is 6.12. The second-order valence-corrected chi connectivity index (χ2v) is 6.68. The van der Waals surface area contributed by atoms with E-state index in [2.05, 4.69) is 15.9 Å². The topological polar surface area (TPSA) is 44.8 Å². The fourth-order valence-corrected chi connectivity index (χ4v) is 3.42. The van der Waals surface area contributed by atoms with E-state index in [0.717, 1.165) is 9.35 Å². The zero-order valence-corrected chi connectivity index (χ0v) is 14.6. The van der Waals surface area contributed by atoms with E-state index in [-0.39, 0.29) is 5.78 Å². The first kappa shape index (κ1) is 15.9. The van der Waals surface area contributed by atoms with Gasteiger partial charge < -0.3 is 14.2 Å². The molecule has 0 aliphatic rings.